The van der Waals surface area contributed by atoms with Crippen LogP contribution in [0.4, 0.5) is 0 Å². The first-order valence-electron chi connectivity index (χ1n) is 6.56. The zero-order valence-corrected chi connectivity index (χ0v) is 12.0. The Morgan fingerprint density at radius 1 is 1.35 bits per heavy atom. The van der Waals surface area contributed by atoms with Crippen LogP contribution in [0.25, 0.3) is 0 Å². The minimum atomic E-state index is -0.571. The predicted octanol–water partition coefficient (Wildman–Crippen LogP) is 0.235. The van der Waals surface area contributed by atoms with Gasteiger partial charge in [-0.25, -0.2) is 0 Å². The van der Waals surface area contributed by atoms with Gasteiger partial charge in [0.1, 0.15) is 0 Å². The summed E-state index contributed by atoms with van der Waals surface area (Å²) in [7, 11) is 3.22. The first-order chi connectivity index (χ1) is 9.65. The Balaban J connectivity index is 2.29. The van der Waals surface area contributed by atoms with Gasteiger partial charge in [-0.15, -0.1) is 0 Å². The van der Waals surface area contributed by atoms with Gasteiger partial charge in [0.05, 0.1) is 0 Å². The van der Waals surface area contributed by atoms with Crippen LogP contribution in [-0.2, 0) is 20.7 Å². The van der Waals surface area contributed by atoms with Crippen molar-refractivity contribution in [3.63, 3.8) is 0 Å². The highest BCUT2D eigenvalue weighted by atomic mass is 16.5. The number of carbonyl (C=O) groups excluding carboxylic acids is 2. The van der Waals surface area contributed by atoms with Crippen LogP contribution in [-0.4, -0.2) is 55.6 Å². The topological polar surface area (TPSA) is 71.5 Å². The van der Waals surface area contributed by atoms with Crippen molar-refractivity contribution in [3.8, 4) is 0 Å². The highest BCUT2D eigenvalue weighted by Gasteiger charge is 2.17. The largest absolute Gasteiger partial charge is 0.385 e. The molecule has 2 amide bonds. The Morgan fingerprint density at radius 2 is 2.05 bits per heavy atom. The Hall–Kier alpha value is -1.95. The maximum absolute atomic E-state index is 11.8. The number of methoxy groups -OCH3 is 1. The first kappa shape index (κ1) is 16.1. The SMILES string of the molecule is COCCCNC(=O)C(=O)N(C)CCc1ccncc1. The lowest BCUT2D eigenvalue weighted by Crippen LogP contribution is -2.42. The van der Waals surface area contributed by atoms with Crippen LogP contribution >= 0.6 is 0 Å². The average Bonchev–Trinajstić information content (AvgIpc) is 2.49. The van der Waals surface area contributed by atoms with E-state index in [0.717, 1.165) is 5.56 Å². The molecule has 0 saturated heterocycles. The van der Waals surface area contributed by atoms with Crippen molar-refractivity contribution in [2.75, 3.05) is 33.9 Å². The van der Waals surface area contributed by atoms with E-state index in [1.54, 1.807) is 26.6 Å². The summed E-state index contributed by atoms with van der Waals surface area (Å²) in [4.78, 5) is 28.8. The molecule has 0 aliphatic rings. The number of nitrogens with zero attached hydrogens (tertiary/aromatic N) is 2. The Kier molecular flexibility index (Phi) is 7.27. The fourth-order valence-corrected chi connectivity index (χ4v) is 1.62. The summed E-state index contributed by atoms with van der Waals surface area (Å²) in [5.41, 5.74) is 1.08. The monoisotopic (exact) mass is 279 g/mol. The summed E-state index contributed by atoms with van der Waals surface area (Å²) in [6, 6.07) is 3.78. The lowest BCUT2D eigenvalue weighted by Gasteiger charge is -2.16. The molecule has 6 heteroatoms. The van der Waals surface area contributed by atoms with Crippen molar-refractivity contribution >= 4 is 11.8 Å². The van der Waals surface area contributed by atoms with E-state index in [2.05, 4.69) is 10.3 Å². The van der Waals surface area contributed by atoms with Crippen molar-refractivity contribution in [3.05, 3.63) is 30.1 Å². The van der Waals surface area contributed by atoms with E-state index in [4.69, 9.17) is 4.74 Å². The number of nitrogens with one attached hydrogen (secondary N) is 1. The number of amides is 2. The third-order valence-corrected chi connectivity index (χ3v) is 2.84. The van der Waals surface area contributed by atoms with E-state index in [1.807, 2.05) is 12.1 Å². The molecule has 0 aliphatic heterocycles. The lowest BCUT2D eigenvalue weighted by atomic mass is 10.2. The molecule has 1 aromatic heterocycles. The van der Waals surface area contributed by atoms with Gasteiger partial charge in [-0.3, -0.25) is 14.6 Å². The molecule has 6 nitrogen and oxygen atoms in total. The van der Waals surface area contributed by atoms with E-state index in [0.29, 0.717) is 32.5 Å². The number of aromatic nitrogens is 1. The standard InChI is InChI=1S/C14H21N3O3/c1-17(10-6-12-4-8-15-9-5-12)14(19)13(18)16-7-3-11-20-2/h4-5,8-9H,3,6-7,10-11H2,1-2H3,(H,16,18). The zero-order valence-electron chi connectivity index (χ0n) is 12.0. The molecule has 110 valence electrons. The van der Waals surface area contributed by atoms with Crippen molar-refractivity contribution in [1.82, 2.24) is 15.2 Å². The lowest BCUT2D eigenvalue weighted by molar-refractivity contribution is -0.144. The Bertz CT molecular complexity index is 423. The highest BCUT2D eigenvalue weighted by molar-refractivity contribution is 6.34. The van der Waals surface area contributed by atoms with Crippen LogP contribution in [0.1, 0.15) is 12.0 Å². The minimum Gasteiger partial charge on any atom is -0.385 e. The molecule has 1 N–H and O–H groups in total. The third kappa shape index (κ3) is 5.79. The van der Waals surface area contributed by atoms with Gasteiger partial charge in [0.25, 0.3) is 0 Å². The van der Waals surface area contributed by atoms with E-state index >= 15 is 0 Å². The second-order valence-electron chi connectivity index (χ2n) is 4.43. The van der Waals surface area contributed by atoms with Crippen molar-refractivity contribution in [1.29, 1.82) is 0 Å². The summed E-state index contributed by atoms with van der Waals surface area (Å²) < 4.78 is 4.87. The van der Waals surface area contributed by atoms with E-state index in [-0.39, 0.29) is 0 Å². The summed E-state index contributed by atoms with van der Waals surface area (Å²) in [5.74, 6) is -1.09. The van der Waals surface area contributed by atoms with Gasteiger partial charge in [0.15, 0.2) is 0 Å². The minimum absolute atomic E-state index is 0.441. The summed E-state index contributed by atoms with van der Waals surface area (Å²) in [5, 5.41) is 2.58. The summed E-state index contributed by atoms with van der Waals surface area (Å²) in [6.07, 6.45) is 4.80. The molecule has 0 unspecified atom stereocenters. The summed E-state index contributed by atoms with van der Waals surface area (Å²) >= 11 is 0. The molecule has 1 heterocycles. The molecule has 0 aromatic carbocycles. The van der Waals surface area contributed by atoms with E-state index in [1.165, 1.54) is 4.90 Å². The average molecular weight is 279 g/mol. The first-order valence-corrected chi connectivity index (χ1v) is 6.56. The van der Waals surface area contributed by atoms with Crippen LogP contribution in [0.2, 0.25) is 0 Å². The molecule has 1 rings (SSSR count). The number of pyridine rings is 1. The van der Waals surface area contributed by atoms with Crippen LogP contribution < -0.4 is 5.32 Å². The molecular formula is C14H21N3O3. The van der Waals surface area contributed by atoms with E-state index in [9.17, 15) is 9.59 Å². The van der Waals surface area contributed by atoms with Gasteiger partial charge >= 0.3 is 11.8 Å². The molecule has 0 radical (unpaired) electrons. The smallest absolute Gasteiger partial charge is 0.311 e. The fraction of sp³-hybridized carbons (Fsp3) is 0.500. The number of hydrogen-bond donors (Lipinski definition) is 1. The van der Waals surface area contributed by atoms with Crippen LogP contribution in [0.3, 0.4) is 0 Å². The van der Waals surface area contributed by atoms with Crippen molar-refractivity contribution in [2.24, 2.45) is 0 Å². The van der Waals surface area contributed by atoms with Gasteiger partial charge < -0.3 is 15.0 Å². The second kappa shape index (κ2) is 9.03. The summed E-state index contributed by atoms with van der Waals surface area (Å²) in [6.45, 7) is 1.50. The molecule has 0 spiro atoms. The number of likely N-dealkylation sites (N-methyl/N-ethyl adjacent to an activating group) is 1. The quantitative estimate of drug-likeness (QED) is 0.573. The molecule has 0 atom stereocenters. The van der Waals surface area contributed by atoms with Crippen LogP contribution in [0.15, 0.2) is 24.5 Å². The van der Waals surface area contributed by atoms with Gasteiger partial charge in [-0.1, -0.05) is 0 Å². The second-order valence-corrected chi connectivity index (χ2v) is 4.43. The molecular weight excluding hydrogens is 258 g/mol. The zero-order chi connectivity index (χ0) is 14.8. The molecule has 0 saturated carbocycles. The van der Waals surface area contributed by atoms with Gasteiger partial charge in [-0.2, -0.15) is 0 Å². The number of hydrogen-bond acceptors (Lipinski definition) is 4. The van der Waals surface area contributed by atoms with Gasteiger partial charge in [0, 0.05) is 46.2 Å². The third-order valence-electron chi connectivity index (χ3n) is 2.84. The normalized spacial score (nSPS) is 10.1. The van der Waals surface area contributed by atoms with Gasteiger partial charge in [-0.05, 0) is 30.5 Å². The fourth-order valence-electron chi connectivity index (χ4n) is 1.62. The molecule has 0 fully saturated rings. The Morgan fingerprint density at radius 3 is 2.70 bits per heavy atom. The van der Waals surface area contributed by atoms with Crippen LogP contribution in [0, 0.1) is 0 Å². The van der Waals surface area contributed by atoms with Gasteiger partial charge in [0.2, 0.25) is 0 Å². The maximum Gasteiger partial charge on any atom is 0.311 e. The molecule has 0 bridgehead atoms. The maximum atomic E-state index is 11.8. The molecule has 0 aliphatic carbocycles. The van der Waals surface area contributed by atoms with Crippen molar-refractivity contribution < 1.29 is 14.3 Å². The number of ether oxygens (including phenoxy) is 1. The molecule has 1 aromatic rings. The predicted molar refractivity (Wildman–Crippen MR) is 75.1 cm³/mol. The molecule has 20 heavy (non-hydrogen) atoms. The Labute approximate surface area is 119 Å². The number of rotatable bonds is 7. The highest BCUT2D eigenvalue weighted by Crippen LogP contribution is 1.99. The van der Waals surface area contributed by atoms with E-state index < -0.39 is 11.8 Å². The van der Waals surface area contributed by atoms with Crippen molar-refractivity contribution in [2.45, 2.75) is 12.8 Å². The van der Waals surface area contributed by atoms with Crippen LogP contribution in [0.5, 0.6) is 0 Å². The number of carbonyl (C=O) groups is 2.